The van der Waals surface area contributed by atoms with E-state index >= 15 is 0 Å². The first-order valence-corrected chi connectivity index (χ1v) is 12.4. The number of carbonyl (C=O) groups excluding carboxylic acids is 1. The summed E-state index contributed by atoms with van der Waals surface area (Å²) in [6, 6.07) is 1.81. The van der Waals surface area contributed by atoms with Gasteiger partial charge in [0.2, 0.25) is 5.88 Å². The fourth-order valence-electron chi connectivity index (χ4n) is 3.13. The number of rotatable bonds is 9. The Morgan fingerprint density at radius 2 is 1.50 bits per heavy atom. The highest BCUT2D eigenvalue weighted by molar-refractivity contribution is 9.10. The lowest BCUT2D eigenvalue weighted by atomic mass is 10.2. The molecule has 1 fully saturated rings. The first kappa shape index (κ1) is 36.0. The zero-order chi connectivity index (χ0) is 30.8. The van der Waals surface area contributed by atoms with Gasteiger partial charge in [-0.05, 0) is 35.6 Å². The fourth-order valence-corrected chi connectivity index (χ4v) is 3.65. The molecule has 2 heterocycles. The van der Waals surface area contributed by atoms with Crippen LogP contribution >= 0.6 is 15.9 Å². The molecule has 0 radical (unpaired) electrons. The maximum absolute atomic E-state index is 12.7. The van der Waals surface area contributed by atoms with Gasteiger partial charge in [0.1, 0.15) is 11.4 Å². The van der Waals surface area contributed by atoms with Crippen LogP contribution in [-0.2, 0) is 19.2 Å². The molecule has 15 nitrogen and oxygen atoms in total. The van der Waals surface area contributed by atoms with Gasteiger partial charge in [0.05, 0.1) is 17.6 Å². The second-order valence-electron chi connectivity index (χ2n) is 7.97. The number of carbonyl (C=O) groups is 5. The van der Waals surface area contributed by atoms with Gasteiger partial charge in [0, 0.05) is 57.5 Å². The van der Waals surface area contributed by atoms with Crippen molar-refractivity contribution in [2.24, 2.45) is 0 Å². The normalized spacial score (nSPS) is 15.6. The summed E-state index contributed by atoms with van der Waals surface area (Å²) >= 11 is 3.43. The average Bonchev–Trinajstić information content (AvgIpc) is 3.07. The number of halogens is 1. The van der Waals surface area contributed by atoms with E-state index in [1.165, 1.54) is 7.11 Å². The molecule has 16 heteroatoms. The molecule has 1 aliphatic heterocycles. The highest BCUT2D eigenvalue weighted by Crippen LogP contribution is 2.27. The van der Waals surface area contributed by atoms with Gasteiger partial charge in [-0.25, -0.2) is 19.2 Å². The third-order valence-corrected chi connectivity index (χ3v) is 5.55. The number of anilines is 1. The molecule has 1 amide bonds. The van der Waals surface area contributed by atoms with E-state index in [0.717, 1.165) is 37.2 Å². The Morgan fingerprint density at radius 1 is 1.00 bits per heavy atom. The Balaban J connectivity index is 0.000000780. The maximum atomic E-state index is 12.7. The molecule has 0 saturated carbocycles. The van der Waals surface area contributed by atoms with E-state index < -0.39 is 23.9 Å². The summed E-state index contributed by atoms with van der Waals surface area (Å²) in [5.74, 6) is -4.25. The molecule has 0 spiro atoms. The third kappa shape index (κ3) is 15.4. The second-order valence-corrected chi connectivity index (χ2v) is 8.83. The van der Waals surface area contributed by atoms with Crippen molar-refractivity contribution >= 4 is 51.5 Å². The molecule has 1 aromatic rings. The molecule has 1 saturated heterocycles. The van der Waals surface area contributed by atoms with Crippen LogP contribution in [0.5, 0.6) is 5.88 Å². The molecule has 2 rings (SSSR count). The van der Waals surface area contributed by atoms with E-state index in [9.17, 15) is 24.0 Å². The summed E-state index contributed by atoms with van der Waals surface area (Å²) in [6.07, 6.45) is 2.23. The number of nitrogens with zero attached hydrogens (tertiary/aromatic N) is 3. The van der Waals surface area contributed by atoms with Crippen LogP contribution in [-0.4, -0.2) is 125 Å². The number of carboxylic acid groups (broad SMARTS) is 4. The van der Waals surface area contributed by atoms with E-state index in [0.29, 0.717) is 41.6 Å². The standard InChI is InChI=1S/C16H26BrN5O2.2C4H4O4/c1-5-22-7-6-21(3)9-11(10-22)19-15(23)12-8-13(17)14(18-2)20-16(12)24-4;2*5-3(6)1-2-4(7)8/h8,11H,5-7,9-10H2,1-4H3,(H,18,20)(H,19,23);2*1-2H,(H,5,6)(H,7,8)/b;2*2-1+/t11-;;/m1../s1. The van der Waals surface area contributed by atoms with Crippen LogP contribution in [0.3, 0.4) is 0 Å². The van der Waals surface area contributed by atoms with Crippen LogP contribution in [0.2, 0.25) is 0 Å². The van der Waals surface area contributed by atoms with Crippen molar-refractivity contribution < 1.29 is 49.1 Å². The van der Waals surface area contributed by atoms with Crippen molar-refractivity contribution in [2.75, 3.05) is 59.2 Å². The number of hydrogen-bond donors (Lipinski definition) is 6. The number of nitrogens with one attached hydrogen (secondary N) is 2. The fraction of sp³-hybridized carbons (Fsp3) is 0.417. The molecule has 0 aromatic carbocycles. The highest BCUT2D eigenvalue weighted by atomic mass is 79.9. The number of amides is 1. The molecule has 40 heavy (non-hydrogen) atoms. The zero-order valence-corrected chi connectivity index (χ0v) is 24.0. The van der Waals surface area contributed by atoms with Gasteiger partial charge in [-0.2, -0.15) is 4.98 Å². The molecule has 0 aliphatic carbocycles. The van der Waals surface area contributed by atoms with Gasteiger partial charge in [0.15, 0.2) is 0 Å². The van der Waals surface area contributed by atoms with E-state index in [2.05, 4.69) is 55.3 Å². The monoisotopic (exact) mass is 631 g/mol. The topological polar surface area (TPSA) is 219 Å². The quantitative estimate of drug-likeness (QED) is 0.206. The molecule has 0 bridgehead atoms. The average molecular weight is 632 g/mol. The molecule has 0 unspecified atom stereocenters. The van der Waals surface area contributed by atoms with Crippen LogP contribution in [0.1, 0.15) is 17.3 Å². The molecule has 222 valence electrons. The smallest absolute Gasteiger partial charge is 0.328 e. The largest absolute Gasteiger partial charge is 0.480 e. The Hall–Kier alpha value is -4.02. The number of hydrogen-bond acceptors (Lipinski definition) is 10. The molecule has 1 aromatic heterocycles. The first-order chi connectivity index (χ1) is 18.7. The van der Waals surface area contributed by atoms with Crippen LogP contribution in [0, 0.1) is 0 Å². The molecule has 1 atom stereocenters. The number of pyridine rings is 1. The molecule has 6 N–H and O–H groups in total. The van der Waals surface area contributed by atoms with Crippen molar-refractivity contribution in [3.8, 4) is 5.88 Å². The second kappa shape index (κ2) is 19.1. The van der Waals surface area contributed by atoms with Crippen molar-refractivity contribution in [2.45, 2.75) is 13.0 Å². The van der Waals surface area contributed by atoms with Gasteiger partial charge in [-0.1, -0.05) is 6.92 Å². The van der Waals surface area contributed by atoms with Gasteiger partial charge >= 0.3 is 23.9 Å². The molecule has 1 aliphatic rings. The summed E-state index contributed by atoms with van der Waals surface area (Å²) in [7, 11) is 5.37. The number of ether oxygens (including phenoxy) is 1. The van der Waals surface area contributed by atoms with Gasteiger partial charge in [-0.15, -0.1) is 0 Å². The minimum absolute atomic E-state index is 0.0670. The van der Waals surface area contributed by atoms with E-state index in [1.807, 2.05) is 0 Å². The van der Waals surface area contributed by atoms with E-state index in [1.54, 1.807) is 13.1 Å². The molecular formula is C24H34BrN5O10. The predicted octanol–water partition coefficient (Wildman–Crippen LogP) is 0.684. The van der Waals surface area contributed by atoms with Crippen molar-refractivity contribution in [1.29, 1.82) is 0 Å². The summed E-state index contributed by atoms with van der Waals surface area (Å²) in [4.78, 5) is 59.9. The van der Waals surface area contributed by atoms with Crippen LogP contribution in [0.25, 0.3) is 0 Å². The van der Waals surface area contributed by atoms with Gasteiger partial charge in [0.25, 0.3) is 5.91 Å². The lowest BCUT2D eigenvalue weighted by Crippen LogP contribution is -2.46. The van der Waals surface area contributed by atoms with Crippen molar-refractivity contribution in [3.05, 3.63) is 40.4 Å². The first-order valence-electron chi connectivity index (χ1n) is 11.7. The number of methoxy groups -OCH3 is 1. The Morgan fingerprint density at radius 3 is 1.90 bits per heavy atom. The SMILES string of the molecule is CCN1CCN(C)C[C@@H](NC(=O)c2cc(Br)c(NC)nc2OC)C1.O=C(O)/C=C/C(=O)O.O=C(O)/C=C/C(=O)O. The van der Waals surface area contributed by atoms with E-state index in [-0.39, 0.29) is 11.9 Å². The number of carboxylic acids is 4. The van der Waals surface area contributed by atoms with Crippen molar-refractivity contribution in [3.63, 3.8) is 0 Å². The van der Waals surface area contributed by atoms with Gasteiger partial charge < -0.3 is 45.6 Å². The van der Waals surface area contributed by atoms with Crippen LogP contribution in [0.15, 0.2) is 34.8 Å². The summed E-state index contributed by atoms with van der Waals surface area (Å²) < 4.78 is 6.01. The third-order valence-electron chi connectivity index (χ3n) is 4.94. The number of likely N-dealkylation sites (N-methyl/N-ethyl adjacent to an activating group) is 2. The number of aromatic nitrogens is 1. The van der Waals surface area contributed by atoms with Crippen LogP contribution < -0.4 is 15.4 Å². The summed E-state index contributed by atoms with van der Waals surface area (Å²) in [5, 5.41) is 37.3. The van der Waals surface area contributed by atoms with Gasteiger partial charge in [-0.3, -0.25) is 4.79 Å². The maximum Gasteiger partial charge on any atom is 0.328 e. The summed E-state index contributed by atoms with van der Waals surface area (Å²) in [6.45, 7) is 6.82. The Kier molecular flexibility index (Phi) is 17.2. The molecular weight excluding hydrogens is 598 g/mol. The lowest BCUT2D eigenvalue weighted by Gasteiger charge is -2.24. The minimum Gasteiger partial charge on any atom is -0.480 e. The zero-order valence-electron chi connectivity index (χ0n) is 22.5. The van der Waals surface area contributed by atoms with Crippen molar-refractivity contribution in [1.82, 2.24) is 20.1 Å². The lowest BCUT2D eigenvalue weighted by molar-refractivity contribution is -0.134. The van der Waals surface area contributed by atoms with Crippen LogP contribution in [0.4, 0.5) is 5.82 Å². The van der Waals surface area contributed by atoms with E-state index in [4.69, 9.17) is 25.2 Å². The minimum atomic E-state index is -1.26. The Labute approximate surface area is 239 Å². The summed E-state index contributed by atoms with van der Waals surface area (Å²) in [5.41, 5.74) is 0.429. The number of aliphatic carboxylic acids is 4. The predicted molar refractivity (Wildman–Crippen MR) is 148 cm³/mol. The Bertz CT molecular complexity index is 1030. The highest BCUT2D eigenvalue weighted by Gasteiger charge is 2.24.